The number of carbonyl (C=O) groups excluding carboxylic acids is 2. The Morgan fingerprint density at radius 2 is 2.00 bits per heavy atom. The zero-order valence-corrected chi connectivity index (χ0v) is 15.7. The van der Waals surface area contributed by atoms with Crippen molar-refractivity contribution in [3.8, 4) is 5.75 Å². The van der Waals surface area contributed by atoms with E-state index in [1.165, 1.54) is 0 Å². The topological polar surface area (TPSA) is 68.9 Å². The van der Waals surface area contributed by atoms with E-state index < -0.39 is 5.41 Å². The highest BCUT2D eigenvalue weighted by atomic mass is 16.5. The lowest BCUT2D eigenvalue weighted by atomic mass is 9.86. The van der Waals surface area contributed by atoms with Crippen molar-refractivity contribution in [1.29, 1.82) is 0 Å². The first-order valence-electron chi connectivity index (χ1n) is 9.23. The lowest BCUT2D eigenvalue weighted by Gasteiger charge is -2.30. The van der Waals surface area contributed by atoms with Crippen molar-refractivity contribution in [2.75, 3.05) is 36.7 Å². The number of amides is 2. The fourth-order valence-electron chi connectivity index (χ4n) is 4.07. The van der Waals surface area contributed by atoms with E-state index in [9.17, 15) is 9.59 Å². The van der Waals surface area contributed by atoms with Gasteiger partial charge in [-0.1, -0.05) is 0 Å². The molecule has 2 aromatic rings. The molecule has 0 radical (unpaired) electrons. The second-order valence-corrected chi connectivity index (χ2v) is 7.93. The van der Waals surface area contributed by atoms with Gasteiger partial charge in [0.15, 0.2) is 18.3 Å². The number of ether oxygens (including phenoxy) is 1. The second-order valence-electron chi connectivity index (χ2n) is 7.93. The van der Waals surface area contributed by atoms with Crippen molar-refractivity contribution in [2.45, 2.75) is 25.7 Å². The number of fused-ring (bicyclic) bond motifs is 2. The van der Waals surface area contributed by atoms with Crippen LogP contribution in [0, 0.1) is 0 Å². The van der Waals surface area contributed by atoms with Crippen LogP contribution in [0.1, 0.15) is 36.3 Å². The molecule has 5 rings (SSSR count). The highest BCUT2D eigenvalue weighted by molar-refractivity contribution is 6.07. The highest BCUT2D eigenvalue weighted by Gasteiger charge is 2.42. The zero-order chi connectivity index (χ0) is 18.9. The molecule has 4 heterocycles. The molecule has 0 spiro atoms. The molecule has 1 aromatic heterocycles. The van der Waals surface area contributed by atoms with Crippen LogP contribution in [-0.2, 0) is 10.2 Å². The number of likely N-dealkylation sites (N-methyl/N-ethyl adjacent to an activating group) is 1. The van der Waals surface area contributed by atoms with Crippen LogP contribution in [0.4, 0.5) is 17.2 Å². The molecule has 1 saturated heterocycles. The van der Waals surface area contributed by atoms with Crippen molar-refractivity contribution in [1.82, 2.24) is 9.88 Å². The van der Waals surface area contributed by atoms with E-state index in [4.69, 9.17) is 4.74 Å². The molecule has 2 amide bonds. The van der Waals surface area contributed by atoms with Crippen molar-refractivity contribution in [2.24, 2.45) is 0 Å². The number of hydrogen-bond acceptors (Lipinski definition) is 4. The first kappa shape index (κ1) is 16.2. The number of carbonyl (C=O) groups is 2. The van der Waals surface area contributed by atoms with Gasteiger partial charge in [0.1, 0.15) is 5.69 Å². The van der Waals surface area contributed by atoms with Gasteiger partial charge in [-0.3, -0.25) is 14.5 Å². The minimum Gasteiger partial charge on any atom is -0.469 e. The number of H-pyrrole nitrogens is 1. The second kappa shape index (κ2) is 5.28. The molecule has 0 atom stereocenters. The number of anilines is 3. The number of likely N-dealkylation sites (tertiary alicyclic amines) is 1. The molecule has 0 saturated carbocycles. The van der Waals surface area contributed by atoms with Crippen LogP contribution in [-0.4, -0.2) is 48.6 Å². The Labute approximate surface area is 157 Å². The van der Waals surface area contributed by atoms with Crippen molar-refractivity contribution < 1.29 is 14.3 Å². The summed E-state index contributed by atoms with van der Waals surface area (Å²) in [7, 11) is 1.81. The average Bonchev–Trinajstić information content (AvgIpc) is 3.22. The summed E-state index contributed by atoms with van der Waals surface area (Å²) in [6.07, 6.45) is 1.06. The summed E-state index contributed by atoms with van der Waals surface area (Å²) in [4.78, 5) is 33.8. The van der Waals surface area contributed by atoms with E-state index in [-0.39, 0.29) is 11.8 Å². The molecule has 1 N–H and O–H groups in total. The minimum atomic E-state index is -0.558. The van der Waals surface area contributed by atoms with Gasteiger partial charge >= 0.3 is 0 Å². The summed E-state index contributed by atoms with van der Waals surface area (Å²) in [6.45, 7) is 5.91. The SMILES string of the molecule is CN1C(=O)C(C)(C)c2cc(N3COc4cc(C(=O)N5CCC5)[nH]c43)ccc21. The van der Waals surface area contributed by atoms with E-state index >= 15 is 0 Å². The number of aromatic amines is 1. The largest absolute Gasteiger partial charge is 0.469 e. The Morgan fingerprint density at radius 3 is 2.70 bits per heavy atom. The molecule has 3 aliphatic heterocycles. The van der Waals surface area contributed by atoms with Crippen molar-refractivity contribution >= 4 is 29.0 Å². The predicted octanol–water partition coefficient (Wildman–Crippen LogP) is 2.60. The van der Waals surface area contributed by atoms with Gasteiger partial charge in [-0.15, -0.1) is 0 Å². The minimum absolute atomic E-state index is 0.0153. The quantitative estimate of drug-likeness (QED) is 0.887. The van der Waals surface area contributed by atoms with Crippen LogP contribution >= 0.6 is 0 Å². The smallest absolute Gasteiger partial charge is 0.270 e. The first-order chi connectivity index (χ1) is 12.9. The Bertz CT molecular complexity index is 974. The van der Waals surface area contributed by atoms with Gasteiger partial charge in [0.2, 0.25) is 5.91 Å². The maximum absolute atomic E-state index is 12.5. The Kier molecular flexibility index (Phi) is 3.17. The molecular weight excluding hydrogens is 344 g/mol. The summed E-state index contributed by atoms with van der Waals surface area (Å²) in [5.74, 6) is 1.58. The molecule has 3 aliphatic rings. The van der Waals surface area contributed by atoms with E-state index in [2.05, 4.69) is 4.98 Å². The van der Waals surface area contributed by atoms with Gasteiger partial charge in [0.05, 0.1) is 5.41 Å². The lowest BCUT2D eigenvalue weighted by molar-refractivity contribution is -0.121. The number of nitrogens with one attached hydrogen (secondary N) is 1. The summed E-state index contributed by atoms with van der Waals surface area (Å²) in [5, 5.41) is 0. The molecule has 140 valence electrons. The summed E-state index contributed by atoms with van der Waals surface area (Å²) < 4.78 is 5.79. The van der Waals surface area contributed by atoms with Gasteiger partial charge in [-0.05, 0) is 44.0 Å². The van der Waals surface area contributed by atoms with Crippen molar-refractivity contribution in [3.05, 3.63) is 35.5 Å². The molecule has 1 aromatic carbocycles. The van der Waals surface area contributed by atoms with Crippen LogP contribution in [0.3, 0.4) is 0 Å². The molecular formula is C20H22N4O3. The maximum Gasteiger partial charge on any atom is 0.270 e. The van der Waals surface area contributed by atoms with Crippen molar-refractivity contribution in [3.63, 3.8) is 0 Å². The number of nitrogens with zero attached hydrogens (tertiary/aromatic N) is 3. The molecule has 0 aliphatic carbocycles. The Hall–Kier alpha value is -2.96. The summed E-state index contributed by atoms with van der Waals surface area (Å²) in [6, 6.07) is 7.79. The lowest BCUT2D eigenvalue weighted by Crippen LogP contribution is -2.42. The molecule has 1 fully saturated rings. The third-order valence-corrected chi connectivity index (χ3v) is 5.92. The van der Waals surface area contributed by atoms with Crippen LogP contribution in [0.15, 0.2) is 24.3 Å². The number of rotatable bonds is 2. The van der Waals surface area contributed by atoms with Crippen LogP contribution in [0.5, 0.6) is 5.75 Å². The molecule has 27 heavy (non-hydrogen) atoms. The third kappa shape index (κ3) is 2.14. The third-order valence-electron chi connectivity index (χ3n) is 5.92. The van der Waals surface area contributed by atoms with Crippen LogP contribution in [0.25, 0.3) is 0 Å². The van der Waals surface area contributed by atoms with E-state index in [1.54, 1.807) is 11.0 Å². The fourth-order valence-corrected chi connectivity index (χ4v) is 4.07. The van der Waals surface area contributed by atoms with Gasteiger partial charge < -0.3 is 19.5 Å². The fraction of sp³-hybridized carbons (Fsp3) is 0.400. The Balaban J connectivity index is 1.50. The Morgan fingerprint density at radius 1 is 1.22 bits per heavy atom. The van der Waals surface area contributed by atoms with Crippen LogP contribution < -0.4 is 14.5 Å². The maximum atomic E-state index is 12.5. The first-order valence-corrected chi connectivity index (χ1v) is 9.23. The van der Waals surface area contributed by atoms with Gasteiger partial charge in [0.25, 0.3) is 5.91 Å². The number of hydrogen-bond donors (Lipinski definition) is 1. The summed E-state index contributed by atoms with van der Waals surface area (Å²) in [5.41, 5.74) is 2.88. The standard InChI is InChI=1S/C20H22N4O3/c1-20(2)13-9-12(5-6-15(13)22(3)19(20)26)24-11-27-16-10-14(21-17(16)24)18(25)23-7-4-8-23/h5-6,9-10,21H,4,7-8,11H2,1-3H3. The van der Waals surface area contributed by atoms with Crippen LogP contribution in [0.2, 0.25) is 0 Å². The van der Waals surface area contributed by atoms with Gasteiger partial charge in [0, 0.05) is 37.6 Å². The highest BCUT2D eigenvalue weighted by Crippen LogP contribution is 2.45. The van der Waals surface area contributed by atoms with E-state index in [0.717, 1.165) is 42.3 Å². The average molecular weight is 366 g/mol. The number of benzene rings is 1. The van der Waals surface area contributed by atoms with Gasteiger partial charge in [-0.2, -0.15) is 0 Å². The van der Waals surface area contributed by atoms with E-state index in [0.29, 0.717) is 18.2 Å². The normalized spacial score (nSPS) is 19.7. The summed E-state index contributed by atoms with van der Waals surface area (Å²) >= 11 is 0. The molecule has 7 nitrogen and oxygen atoms in total. The number of aromatic nitrogens is 1. The predicted molar refractivity (Wildman–Crippen MR) is 102 cm³/mol. The monoisotopic (exact) mass is 366 g/mol. The van der Waals surface area contributed by atoms with E-state index in [1.807, 2.05) is 48.9 Å². The zero-order valence-electron chi connectivity index (χ0n) is 15.7. The molecule has 0 unspecified atom stereocenters. The molecule has 0 bridgehead atoms. The van der Waals surface area contributed by atoms with Gasteiger partial charge in [-0.25, -0.2) is 0 Å². The molecule has 7 heteroatoms.